The average Bonchev–Trinajstić information content (AvgIpc) is 2.95. The van der Waals surface area contributed by atoms with Crippen LogP contribution in [0, 0.1) is 13.8 Å². The first-order valence-electron chi connectivity index (χ1n) is 8.34. The normalized spacial score (nSPS) is 11.0. The summed E-state index contributed by atoms with van der Waals surface area (Å²) in [5, 5.41) is 2.96. The Morgan fingerprint density at radius 2 is 1.96 bits per heavy atom. The Kier molecular flexibility index (Phi) is 4.65. The van der Waals surface area contributed by atoms with Crippen molar-refractivity contribution in [2.24, 2.45) is 0 Å². The van der Waals surface area contributed by atoms with E-state index < -0.39 is 0 Å². The number of carbonyl (C=O) groups excluding carboxylic acids is 1. The molecule has 0 aliphatic carbocycles. The number of oxazole rings is 1. The van der Waals surface area contributed by atoms with E-state index in [1.165, 1.54) is 0 Å². The van der Waals surface area contributed by atoms with Crippen LogP contribution in [0.15, 0.2) is 40.8 Å². The van der Waals surface area contributed by atoms with Crippen molar-refractivity contribution in [3.8, 4) is 11.5 Å². The molecule has 1 amide bonds. The largest absolute Gasteiger partial charge is 0.436 e. The number of aryl methyl sites for hydroxylation is 2. The molecule has 0 bridgehead atoms. The van der Waals surface area contributed by atoms with Gasteiger partial charge in [-0.3, -0.25) is 4.79 Å². The zero-order chi connectivity index (χ0) is 17.1. The van der Waals surface area contributed by atoms with Crippen molar-refractivity contribution in [2.75, 3.05) is 5.32 Å². The summed E-state index contributed by atoms with van der Waals surface area (Å²) >= 11 is 0. The molecule has 1 aromatic heterocycles. The molecule has 4 nitrogen and oxygen atoms in total. The van der Waals surface area contributed by atoms with Gasteiger partial charge in [-0.25, -0.2) is 4.98 Å². The van der Waals surface area contributed by atoms with E-state index in [2.05, 4.69) is 17.2 Å². The highest BCUT2D eigenvalue weighted by atomic mass is 16.3. The minimum absolute atomic E-state index is 0.0431. The number of nitrogens with zero attached hydrogens (tertiary/aromatic N) is 1. The third-order valence-corrected chi connectivity index (χ3v) is 3.91. The summed E-state index contributed by atoms with van der Waals surface area (Å²) in [7, 11) is 0. The first-order chi connectivity index (χ1) is 11.5. The molecular weight excluding hydrogens is 300 g/mol. The molecule has 0 aliphatic rings. The molecule has 1 N–H and O–H groups in total. The summed E-state index contributed by atoms with van der Waals surface area (Å²) in [5.41, 5.74) is 5.46. The number of fused-ring (bicyclic) bond motifs is 1. The summed E-state index contributed by atoms with van der Waals surface area (Å²) in [6.45, 7) is 6.10. The molecule has 0 unspecified atom stereocenters. The Bertz CT molecular complexity index is 880. The predicted molar refractivity (Wildman–Crippen MR) is 97.1 cm³/mol. The van der Waals surface area contributed by atoms with Crippen molar-refractivity contribution >= 4 is 22.7 Å². The Hall–Kier alpha value is -2.62. The molecular formula is C20H22N2O2. The predicted octanol–water partition coefficient (Wildman–Crippen LogP) is 5.24. The van der Waals surface area contributed by atoms with Gasteiger partial charge in [0.15, 0.2) is 5.58 Å². The molecule has 2 aromatic carbocycles. The van der Waals surface area contributed by atoms with Gasteiger partial charge in [-0.1, -0.05) is 19.4 Å². The number of benzene rings is 2. The van der Waals surface area contributed by atoms with Crippen LogP contribution in [0.4, 0.5) is 5.69 Å². The SMILES string of the molecule is CCCCC(=O)Nc1cc(C)cc(-c2nc3ccc(C)cc3o2)c1. The van der Waals surface area contributed by atoms with Crippen molar-refractivity contribution < 1.29 is 9.21 Å². The van der Waals surface area contributed by atoms with Crippen LogP contribution in [0.1, 0.15) is 37.3 Å². The number of anilines is 1. The lowest BCUT2D eigenvalue weighted by Gasteiger charge is -2.07. The van der Waals surface area contributed by atoms with Gasteiger partial charge in [0.2, 0.25) is 11.8 Å². The van der Waals surface area contributed by atoms with E-state index >= 15 is 0 Å². The second kappa shape index (κ2) is 6.87. The summed E-state index contributed by atoms with van der Waals surface area (Å²) in [4.78, 5) is 16.5. The van der Waals surface area contributed by atoms with Crippen LogP contribution >= 0.6 is 0 Å². The van der Waals surface area contributed by atoms with Gasteiger partial charge >= 0.3 is 0 Å². The number of hydrogen-bond acceptors (Lipinski definition) is 3. The Labute approximate surface area is 141 Å². The zero-order valence-corrected chi connectivity index (χ0v) is 14.3. The molecule has 0 spiro atoms. The number of unbranched alkanes of at least 4 members (excludes halogenated alkanes) is 1. The van der Waals surface area contributed by atoms with Gasteiger partial charge < -0.3 is 9.73 Å². The highest BCUT2D eigenvalue weighted by Crippen LogP contribution is 2.28. The van der Waals surface area contributed by atoms with Crippen LogP contribution in [-0.2, 0) is 4.79 Å². The van der Waals surface area contributed by atoms with Gasteiger partial charge in [-0.05, 0) is 61.7 Å². The zero-order valence-electron chi connectivity index (χ0n) is 14.3. The Balaban J connectivity index is 1.90. The molecule has 3 rings (SSSR count). The van der Waals surface area contributed by atoms with E-state index in [0.717, 1.165) is 46.3 Å². The van der Waals surface area contributed by atoms with Gasteiger partial charge in [0.05, 0.1) is 0 Å². The van der Waals surface area contributed by atoms with Gasteiger partial charge in [0, 0.05) is 17.7 Å². The maximum absolute atomic E-state index is 12.0. The smallest absolute Gasteiger partial charge is 0.227 e. The van der Waals surface area contributed by atoms with Crippen LogP contribution < -0.4 is 5.32 Å². The fraction of sp³-hybridized carbons (Fsp3) is 0.300. The second-order valence-electron chi connectivity index (χ2n) is 6.23. The van der Waals surface area contributed by atoms with E-state index in [4.69, 9.17) is 4.42 Å². The third-order valence-electron chi connectivity index (χ3n) is 3.91. The molecule has 0 radical (unpaired) electrons. The summed E-state index contributed by atoms with van der Waals surface area (Å²) in [6.07, 6.45) is 2.45. The van der Waals surface area contributed by atoms with Gasteiger partial charge in [0.1, 0.15) is 5.52 Å². The van der Waals surface area contributed by atoms with Gasteiger partial charge in [-0.15, -0.1) is 0 Å². The first kappa shape index (κ1) is 16.2. The lowest BCUT2D eigenvalue weighted by molar-refractivity contribution is -0.116. The molecule has 24 heavy (non-hydrogen) atoms. The summed E-state index contributed by atoms with van der Waals surface area (Å²) in [5.74, 6) is 0.616. The Morgan fingerprint density at radius 3 is 2.75 bits per heavy atom. The lowest BCUT2D eigenvalue weighted by atomic mass is 10.1. The van der Waals surface area contributed by atoms with E-state index in [-0.39, 0.29) is 5.91 Å². The van der Waals surface area contributed by atoms with Crippen LogP contribution in [0.2, 0.25) is 0 Å². The quantitative estimate of drug-likeness (QED) is 0.699. The number of rotatable bonds is 5. The lowest BCUT2D eigenvalue weighted by Crippen LogP contribution is -2.11. The molecule has 0 aliphatic heterocycles. The number of hydrogen-bond donors (Lipinski definition) is 1. The van der Waals surface area contributed by atoms with E-state index in [0.29, 0.717) is 12.3 Å². The topological polar surface area (TPSA) is 55.1 Å². The fourth-order valence-electron chi connectivity index (χ4n) is 2.69. The highest BCUT2D eigenvalue weighted by Gasteiger charge is 2.11. The van der Waals surface area contributed by atoms with Crippen molar-refractivity contribution in [2.45, 2.75) is 40.0 Å². The second-order valence-corrected chi connectivity index (χ2v) is 6.23. The van der Waals surface area contributed by atoms with Crippen LogP contribution in [-0.4, -0.2) is 10.9 Å². The van der Waals surface area contributed by atoms with E-state index in [1.807, 2.05) is 50.2 Å². The summed E-state index contributed by atoms with van der Waals surface area (Å²) < 4.78 is 5.89. The molecule has 0 saturated carbocycles. The molecule has 1 heterocycles. The number of aromatic nitrogens is 1. The maximum Gasteiger partial charge on any atom is 0.227 e. The fourth-order valence-corrected chi connectivity index (χ4v) is 2.69. The standard InChI is InChI=1S/C20H22N2O2/c1-4-5-6-19(23)21-16-10-14(3)9-15(12-16)20-22-17-8-7-13(2)11-18(17)24-20/h7-12H,4-6H2,1-3H3,(H,21,23). The molecule has 124 valence electrons. The monoisotopic (exact) mass is 322 g/mol. The summed E-state index contributed by atoms with van der Waals surface area (Å²) in [6, 6.07) is 11.8. The Morgan fingerprint density at radius 1 is 1.12 bits per heavy atom. The van der Waals surface area contributed by atoms with E-state index in [9.17, 15) is 4.79 Å². The minimum atomic E-state index is 0.0431. The van der Waals surface area contributed by atoms with Gasteiger partial charge in [0.25, 0.3) is 0 Å². The number of amides is 1. The van der Waals surface area contributed by atoms with Crippen LogP contribution in [0.3, 0.4) is 0 Å². The molecule has 0 atom stereocenters. The number of nitrogens with one attached hydrogen (secondary N) is 1. The number of carbonyl (C=O) groups is 1. The maximum atomic E-state index is 12.0. The van der Waals surface area contributed by atoms with E-state index in [1.54, 1.807) is 0 Å². The average molecular weight is 322 g/mol. The molecule has 0 fully saturated rings. The van der Waals surface area contributed by atoms with Crippen molar-refractivity contribution in [1.29, 1.82) is 0 Å². The highest BCUT2D eigenvalue weighted by molar-refractivity contribution is 5.91. The molecule has 4 heteroatoms. The molecule has 3 aromatic rings. The molecule has 0 saturated heterocycles. The van der Waals surface area contributed by atoms with Gasteiger partial charge in [-0.2, -0.15) is 0 Å². The van der Waals surface area contributed by atoms with Crippen LogP contribution in [0.5, 0.6) is 0 Å². The first-order valence-corrected chi connectivity index (χ1v) is 8.34. The van der Waals surface area contributed by atoms with Crippen LogP contribution in [0.25, 0.3) is 22.6 Å². The minimum Gasteiger partial charge on any atom is -0.436 e. The van der Waals surface area contributed by atoms with Crippen molar-refractivity contribution in [3.05, 3.63) is 47.5 Å². The van der Waals surface area contributed by atoms with Crippen molar-refractivity contribution in [1.82, 2.24) is 4.98 Å². The van der Waals surface area contributed by atoms with Crippen molar-refractivity contribution in [3.63, 3.8) is 0 Å². The third kappa shape index (κ3) is 3.65.